The topological polar surface area (TPSA) is 123 Å². The summed E-state index contributed by atoms with van der Waals surface area (Å²) in [4.78, 5) is 22.0. The number of carbonyl (C=O) groups is 1. The maximum Gasteiger partial charge on any atom is 0.274 e. The number of aromatic nitrogens is 6. The summed E-state index contributed by atoms with van der Waals surface area (Å²) in [6.07, 6.45) is 3.45. The van der Waals surface area contributed by atoms with E-state index in [-0.39, 0.29) is 12.5 Å². The molecular formula is C27H31N7O3. The van der Waals surface area contributed by atoms with Crippen LogP contribution in [-0.4, -0.2) is 46.9 Å². The third-order valence-electron chi connectivity index (χ3n) is 5.99. The standard InChI is InChI=1S/C25H25N7O3.C2H6/c1-14-5-6-18(24-27-17(4)35-30-24)11-20(14)28-25(34)21-12-26-22-8-7-19(13-31(21)22)23-15(2)29-32(9-10-33)16(23)3;1-2/h5-8,11-13,33H,9-10H2,1-4H3,(H,28,34);1-2H3. The number of carbonyl (C=O) groups excluding carboxylic acids is 1. The summed E-state index contributed by atoms with van der Waals surface area (Å²) in [5.41, 5.74) is 7.04. The number of benzene rings is 1. The van der Waals surface area contributed by atoms with E-state index in [0.717, 1.165) is 33.6 Å². The Kier molecular flexibility index (Phi) is 7.49. The van der Waals surface area contributed by atoms with Crippen molar-refractivity contribution in [1.29, 1.82) is 0 Å². The molecule has 10 heteroatoms. The normalized spacial score (nSPS) is 10.9. The number of nitrogens with one attached hydrogen (secondary N) is 1. The maximum atomic E-state index is 13.3. The molecule has 0 saturated carbocycles. The first-order valence-corrected chi connectivity index (χ1v) is 12.2. The number of amides is 1. The minimum absolute atomic E-state index is 0.0131. The van der Waals surface area contributed by atoms with Gasteiger partial charge < -0.3 is 14.9 Å². The molecule has 5 rings (SSSR count). The van der Waals surface area contributed by atoms with Crippen LogP contribution in [0.5, 0.6) is 0 Å². The van der Waals surface area contributed by atoms with Crippen LogP contribution in [0, 0.1) is 27.7 Å². The number of pyridine rings is 1. The molecule has 2 N–H and O–H groups in total. The van der Waals surface area contributed by atoms with E-state index < -0.39 is 0 Å². The molecule has 0 atom stereocenters. The van der Waals surface area contributed by atoms with Crippen molar-refractivity contribution < 1.29 is 14.4 Å². The van der Waals surface area contributed by atoms with Crippen LogP contribution in [0.3, 0.4) is 0 Å². The van der Waals surface area contributed by atoms with Gasteiger partial charge in [0.1, 0.15) is 11.3 Å². The van der Waals surface area contributed by atoms with Crippen molar-refractivity contribution in [3.63, 3.8) is 0 Å². The summed E-state index contributed by atoms with van der Waals surface area (Å²) in [7, 11) is 0. The zero-order valence-electron chi connectivity index (χ0n) is 21.9. The summed E-state index contributed by atoms with van der Waals surface area (Å²) in [6.45, 7) is 12.0. The highest BCUT2D eigenvalue weighted by atomic mass is 16.5. The molecule has 0 spiro atoms. The van der Waals surface area contributed by atoms with Crippen LogP contribution in [0.25, 0.3) is 28.2 Å². The van der Waals surface area contributed by atoms with Gasteiger partial charge in [-0.3, -0.25) is 13.9 Å². The second-order valence-corrected chi connectivity index (χ2v) is 8.40. The smallest absolute Gasteiger partial charge is 0.274 e. The number of aliphatic hydroxyl groups is 1. The second kappa shape index (κ2) is 10.8. The molecule has 0 bridgehead atoms. The van der Waals surface area contributed by atoms with Crippen LogP contribution in [0.2, 0.25) is 0 Å². The van der Waals surface area contributed by atoms with Gasteiger partial charge in [-0.05, 0) is 44.5 Å². The SMILES string of the molecule is CC.Cc1nc(-c2ccc(C)c(NC(=O)c3cnc4ccc(-c5c(C)nn(CCO)c5C)cn34)c2)no1. The number of hydrogen-bond acceptors (Lipinski definition) is 7. The Morgan fingerprint density at radius 1 is 1.08 bits per heavy atom. The van der Waals surface area contributed by atoms with Gasteiger partial charge in [-0.1, -0.05) is 31.1 Å². The quantitative estimate of drug-likeness (QED) is 0.344. The highest BCUT2D eigenvalue weighted by Gasteiger charge is 2.18. The number of aryl methyl sites for hydroxylation is 3. The van der Waals surface area contributed by atoms with E-state index in [0.29, 0.717) is 35.3 Å². The van der Waals surface area contributed by atoms with Gasteiger partial charge >= 0.3 is 0 Å². The van der Waals surface area contributed by atoms with Crippen LogP contribution >= 0.6 is 0 Å². The molecule has 192 valence electrons. The van der Waals surface area contributed by atoms with Crippen molar-refractivity contribution in [3.8, 4) is 22.5 Å². The molecule has 4 heterocycles. The lowest BCUT2D eigenvalue weighted by Gasteiger charge is -2.10. The molecule has 0 unspecified atom stereocenters. The van der Waals surface area contributed by atoms with Gasteiger partial charge in [-0.15, -0.1) is 0 Å². The fourth-order valence-electron chi connectivity index (χ4n) is 4.22. The van der Waals surface area contributed by atoms with Gasteiger partial charge in [-0.25, -0.2) is 4.98 Å². The first-order valence-electron chi connectivity index (χ1n) is 12.2. The van der Waals surface area contributed by atoms with Crippen LogP contribution in [0.1, 0.15) is 47.2 Å². The lowest BCUT2D eigenvalue weighted by atomic mass is 10.1. The molecule has 1 amide bonds. The monoisotopic (exact) mass is 501 g/mol. The number of rotatable bonds is 6. The van der Waals surface area contributed by atoms with E-state index in [2.05, 4.69) is 25.5 Å². The average molecular weight is 502 g/mol. The summed E-state index contributed by atoms with van der Waals surface area (Å²) < 4.78 is 8.64. The molecule has 0 aliphatic rings. The second-order valence-electron chi connectivity index (χ2n) is 8.40. The molecule has 37 heavy (non-hydrogen) atoms. The van der Waals surface area contributed by atoms with E-state index in [1.54, 1.807) is 22.2 Å². The molecule has 4 aromatic heterocycles. The highest BCUT2D eigenvalue weighted by molar-refractivity contribution is 6.04. The van der Waals surface area contributed by atoms with E-state index >= 15 is 0 Å². The van der Waals surface area contributed by atoms with Crippen LogP contribution in [-0.2, 0) is 6.54 Å². The minimum atomic E-state index is -0.288. The summed E-state index contributed by atoms with van der Waals surface area (Å²) >= 11 is 0. The van der Waals surface area contributed by atoms with Crippen LogP contribution in [0.4, 0.5) is 5.69 Å². The predicted octanol–water partition coefficient (Wildman–Crippen LogP) is 4.75. The molecule has 0 aliphatic heterocycles. The average Bonchev–Trinajstić information content (AvgIpc) is 3.59. The van der Waals surface area contributed by atoms with Crippen molar-refractivity contribution in [3.05, 3.63) is 71.3 Å². The van der Waals surface area contributed by atoms with Crippen molar-refractivity contribution in [1.82, 2.24) is 29.3 Å². The first kappa shape index (κ1) is 25.8. The van der Waals surface area contributed by atoms with Crippen LogP contribution in [0.15, 0.2) is 47.2 Å². The van der Waals surface area contributed by atoms with Gasteiger partial charge in [0.2, 0.25) is 11.7 Å². The Bertz CT molecular complexity index is 1560. The Hall–Kier alpha value is -4.31. The summed E-state index contributed by atoms with van der Waals surface area (Å²) in [5.74, 6) is 0.647. The van der Waals surface area contributed by atoms with Crippen molar-refractivity contribution in [2.24, 2.45) is 0 Å². The third kappa shape index (κ3) is 5.01. The highest BCUT2D eigenvalue weighted by Crippen LogP contribution is 2.28. The van der Waals surface area contributed by atoms with E-state index in [9.17, 15) is 9.90 Å². The van der Waals surface area contributed by atoms with E-state index in [4.69, 9.17) is 4.52 Å². The molecule has 1 aromatic carbocycles. The number of fused-ring (bicyclic) bond motifs is 1. The number of nitrogens with zero attached hydrogens (tertiary/aromatic N) is 6. The molecule has 0 aliphatic carbocycles. The molecule has 10 nitrogen and oxygen atoms in total. The largest absolute Gasteiger partial charge is 0.394 e. The Morgan fingerprint density at radius 3 is 2.54 bits per heavy atom. The van der Waals surface area contributed by atoms with Gasteiger partial charge in [0.15, 0.2) is 0 Å². The molecule has 0 radical (unpaired) electrons. The number of imidazole rings is 1. The van der Waals surface area contributed by atoms with Crippen molar-refractivity contribution in [2.45, 2.75) is 48.1 Å². The van der Waals surface area contributed by atoms with Gasteiger partial charge in [0, 0.05) is 41.2 Å². The van der Waals surface area contributed by atoms with E-state index in [1.165, 1.54) is 0 Å². The lowest BCUT2D eigenvalue weighted by Crippen LogP contribution is -2.15. The number of aliphatic hydroxyl groups excluding tert-OH is 1. The fraction of sp³-hybridized carbons (Fsp3) is 0.296. The van der Waals surface area contributed by atoms with Gasteiger partial charge in [0.25, 0.3) is 5.91 Å². The van der Waals surface area contributed by atoms with Crippen molar-refractivity contribution in [2.75, 3.05) is 11.9 Å². The fourth-order valence-corrected chi connectivity index (χ4v) is 4.22. The minimum Gasteiger partial charge on any atom is -0.394 e. The Morgan fingerprint density at radius 2 is 1.84 bits per heavy atom. The zero-order chi connectivity index (χ0) is 26.7. The lowest BCUT2D eigenvalue weighted by molar-refractivity contribution is 0.102. The van der Waals surface area contributed by atoms with Crippen molar-refractivity contribution >= 4 is 17.2 Å². The molecule has 0 fully saturated rings. The molecule has 0 saturated heterocycles. The predicted molar refractivity (Wildman–Crippen MR) is 141 cm³/mol. The molecule has 5 aromatic rings. The summed E-state index contributed by atoms with van der Waals surface area (Å²) in [6, 6.07) is 9.45. The molecular weight excluding hydrogens is 470 g/mol. The zero-order valence-corrected chi connectivity index (χ0v) is 21.9. The maximum absolute atomic E-state index is 13.3. The number of hydrogen-bond donors (Lipinski definition) is 2. The van der Waals surface area contributed by atoms with E-state index in [1.807, 2.05) is 71.1 Å². The van der Waals surface area contributed by atoms with Gasteiger partial charge in [-0.2, -0.15) is 10.1 Å². The summed E-state index contributed by atoms with van der Waals surface area (Å²) in [5, 5.41) is 20.8. The Labute approximate surface area is 215 Å². The Balaban J connectivity index is 0.00000156. The third-order valence-corrected chi connectivity index (χ3v) is 5.99. The van der Waals surface area contributed by atoms with Gasteiger partial charge in [0.05, 0.1) is 25.0 Å². The van der Waals surface area contributed by atoms with Crippen LogP contribution < -0.4 is 5.32 Å². The first-order chi connectivity index (χ1) is 17.9. The number of anilines is 1.